The van der Waals surface area contributed by atoms with Crippen molar-refractivity contribution in [2.24, 2.45) is 0 Å². The van der Waals surface area contributed by atoms with Crippen molar-refractivity contribution in [3.05, 3.63) is 0 Å². The van der Waals surface area contributed by atoms with Gasteiger partial charge in [-0.15, -0.1) is 0 Å². The van der Waals surface area contributed by atoms with Crippen molar-refractivity contribution in [1.82, 2.24) is 0 Å². The SMILES string of the molecule is COC([SiH3])(OC)C(O)(OC)C(F)(F)C(F)(F)C(F)(F)C(F)(F)C(F)(F)C(F)(F)C(F)(F)C(F)(F)F. The van der Waals surface area contributed by atoms with E-state index in [0.717, 1.165) is 0 Å². The van der Waals surface area contributed by atoms with E-state index in [1.54, 1.807) is 0 Å². The second-order valence-electron chi connectivity index (χ2n) is 6.72. The lowest BCUT2D eigenvalue weighted by Gasteiger charge is -2.49. The number of halogens is 17. The number of rotatable bonds is 11. The van der Waals surface area contributed by atoms with Crippen LogP contribution in [0.3, 0.4) is 0 Å². The van der Waals surface area contributed by atoms with Gasteiger partial charge in [-0.3, -0.25) is 0 Å². The highest BCUT2D eigenvalue weighted by molar-refractivity contribution is 6.14. The monoisotopic (exact) mass is 584 g/mol. The van der Waals surface area contributed by atoms with Crippen LogP contribution >= 0.6 is 0 Å². The van der Waals surface area contributed by atoms with Crippen molar-refractivity contribution in [1.29, 1.82) is 0 Å². The molecule has 4 nitrogen and oxygen atoms in total. The van der Waals surface area contributed by atoms with Gasteiger partial charge in [-0.05, 0) is 0 Å². The van der Waals surface area contributed by atoms with E-state index in [1.807, 2.05) is 0 Å². The Hall–Kier alpha value is -1.13. The summed E-state index contributed by atoms with van der Waals surface area (Å²) in [6, 6.07) is 0. The van der Waals surface area contributed by atoms with Gasteiger partial charge in [-0.2, -0.15) is 74.6 Å². The summed E-state index contributed by atoms with van der Waals surface area (Å²) in [7, 11) is -0.972. The summed E-state index contributed by atoms with van der Waals surface area (Å²) in [5.74, 6) is -63.8. The standard InChI is InChI=1S/C13H13F17O4Si/c1-32-11(31,13(35,33-2)34-3)9(24,25)7(20,21)5(16,17)4(14,15)6(18,19)8(22,23)10(26,27)12(28,29)30/h31H,1-3,35H3. The molecule has 0 rings (SSSR count). The van der Waals surface area contributed by atoms with E-state index >= 15 is 0 Å². The smallest absolute Gasteiger partial charge is 0.357 e. The lowest BCUT2D eigenvalue weighted by molar-refractivity contribution is -0.492. The van der Waals surface area contributed by atoms with Gasteiger partial charge in [-0.1, -0.05) is 0 Å². The Labute approximate surface area is 185 Å². The zero-order chi connectivity index (χ0) is 29.1. The van der Waals surface area contributed by atoms with E-state index in [4.69, 9.17) is 0 Å². The number of hydrogen-bond donors (Lipinski definition) is 1. The molecular weight excluding hydrogens is 571 g/mol. The summed E-state index contributed by atoms with van der Waals surface area (Å²) in [5.41, 5.74) is -3.63. The number of alkyl halides is 17. The Morgan fingerprint density at radius 1 is 0.429 bits per heavy atom. The Balaban J connectivity index is 7.20. The summed E-state index contributed by atoms with van der Waals surface area (Å²) in [6.45, 7) is 0. The van der Waals surface area contributed by atoms with E-state index in [0.29, 0.717) is 0 Å². The van der Waals surface area contributed by atoms with Crippen LogP contribution in [0.4, 0.5) is 74.6 Å². The second-order valence-corrected chi connectivity index (χ2v) is 8.04. The molecule has 0 fully saturated rings. The van der Waals surface area contributed by atoms with Crippen LogP contribution in [0.5, 0.6) is 0 Å². The van der Waals surface area contributed by atoms with Gasteiger partial charge in [0.25, 0.3) is 5.79 Å². The van der Waals surface area contributed by atoms with Crippen molar-refractivity contribution < 1.29 is 94.0 Å². The first-order valence-corrected chi connectivity index (χ1v) is 9.02. The van der Waals surface area contributed by atoms with Crippen molar-refractivity contribution in [3.8, 4) is 0 Å². The van der Waals surface area contributed by atoms with Crippen LogP contribution in [0.1, 0.15) is 0 Å². The minimum atomic E-state index is -8.78. The molecule has 0 bridgehead atoms. The Morgan fingerprint density at radius 2 is 0.657 bits per heavy atom. The van der Waals surface area contributed by atoms with E-state index < -0.39 is 69.1 Å². The molecule has 212 valence electrons. The predicted molar refractivity (Wildman–Crippen MR) is 79.3 cm³/mol. The van der Waals surface area contributed by atoms with Crippen LogP contribution in [0, 0.1) is 0 Å². The van der Waals surface area contributed by atoms with Crippen LogP contribution in [-0.4, -0.2) is 95.5 Å². The zero-order valence-electron chi connectivity index (χ0n) is 17.1. The normalized spacial score (nSPS) is 18.1. The molecule has 0 aliphatic carbocycles. The van der Waals surface area contributed by atoms with Crippen LogP contribution in [0.15, 0.2) is 0 Å². The fraction of sp³-hybridized carbons (Fsp3) is 1.00. The number of ether oxygens (including phenoxy) is 3. The predicted octanol–water partition coefficient (Wildman–Crippen LogP) is 3.64. The molecule has 0 aromatic heterocycles. The van der Waals surface area contributed by atoms with Gasteiger partial charge >= 0.3 is 47.6 Å². The quantitative estimate of drug-likeness (QED) is 0.229. The van der Waals surface area contributed by atoms with Crippen molar-refractivity contribution >= 4 is 10.2 Å². The molecule has 0 spiro atoms. The van der Waals surface area contributed by atoms with Gasteiger partial charge in [0.2, 0.25) is 0 Å². The summed E-state index contributed by atoms with van der Waals surface area (Å²) in [4.78, 5) is 0. The van der Waals surface area contributed by atoms with Crippen molar-refractivity contribution in [2.45, 2.75) is 58.8 Å². The van der Waals surface area contributed by atoms with Crippen LogP contribution in [0.25, 0.3) is 0 Å². The van der Waals surface area contributed by atoms with E-state index in [9.17, 15) is 79.7 Å². The maximum Gasteiger partial charge on any atom is 0.460 e. The molecule has 0 amide bonds. The fourth-order valence-electron chi connectivity index (χ4n) is 2.34. The highest BCUT2D eigenvalue weighted by atomic mass is 28.1. The van der Waals surface area contributed by atoms with E-state index in [-0.39, 0.29) is 21.3 Å². The molecule has 0 aliphatic heterocycles. The maximum absolute atomic E-state index is 14.4. The van der Waals surface area contributed by atoms with Gasteiger partial charge in [0, 0.05) is 21.3 Å². The zero-order valence-corrected chi connectivity index (χ0v) is 19.1. The first kappa shape index (κ1) is 33.9. The summed E-state index contributed by atoms with van der Waals surface area (Å²) >= 11 is 0. The third kappa shape index (κ3) is 3.97. The first-order valence-electron chi connectivity index (χ1n) is 8.02. The van der Waals surface area contributed by atoms with Crippen LogP contribution < -0.4 is 0 Å². The topological polar surface area (TPSA) is 47.9 Å². The third-order valence-electron chi connectivity index (χ3n) is 4.84. The Bertz CT molecular complexity index is 764. The lowest BCUT2D eigenvalue weighted by atomic mass is 9.86. The minimum absolute atomic E-state index is 0.183. The van der Waals surface area contributed by atoms with Gasteiger partial charge in [0.15, 0.2) is 5.41 Å². The lowest BCUT2D eigenvalue weighted by Crippen LogP contribution is -2.79. The Morgan fingerprint density at radius 3 is 0.857 bits per heavy atom. The third-order valence-corrected chi connectivity index (χ3v) is 6.33. The van der Waals surface area contributed by atoms with Gasteiger partial charge in [0.05, 0.1) is 10.2 Å². The van der Waals surface area contributed by atoms with E-state index in [1.165, 1.54) is 0 Å². The Kier molecular flexibility index (Phi) is 8.44. The summed E-state index contributed by atoms with van der Waals surface area (Å²) in [6.07, 6.45) is -7.85. The highest BCUT2D eigenvalue weighted by Gasteiger charge is 2.97. The number of hydrogen-bond acceptors (Lipinski definition) is 4. The number of methoxy groups -OCH3 is 3. The molecule has 1 atom stereocenters. The average Bonchev–Trinajstić information content (AvgIpc) is 2.70. The van der Waals surface area contributed by atoms with E-state index in [2.05, 4.69) is 14.2 Å². The molecule has 35 heavy (non-hydrogen) atoms. The summed E-state index contributed by atoms with van der Waals surface area (Å²) < 4.78 is 239. The molecule has 0 heterocycles. The molecule has 0 aliphatic rings. The number of aliphatic hydroxyl groups is 1. The molecule has 1 unspecified atom stereocenters. The second kappa shape index (κ2) is 8.72. The molecule has 0 aromatic rings. The molecule has 0 saturated carbocycles. The van der Waals surface area contributed by atoms with Crippen LogP contribution in [0.2, 0.25) is 0 Å². The molecule has 0 radical (unpaired) electrons. The molecule has 0 saturated heterocycles. The van der Waals surface area contributed by atoms with Gasteiger partial charge < -0.3 is 19.3 Å². The molecule has 22 heteroatoms. The summed E-state index contributed by atoms with van der Waals surface area (Å²) in [5, 5.41) is 9.78. The van der Waals surface area contributed by atoms with Crippen LogP contribution in [-0.2, 0) is 14.2 Å². The minimum Gasteiger partial charge on any atom is -0.357 e. The maximum atomic E-state index is 14.4. The average molecular weight is 584 g/mol. The van der Waals surface area contributed by atoms with Crippen molar-refractivity contribution in [2.75, 3.05) is 21.3 Å². The first-order chi connectivity index (χ1) is 14.9. The van der Waals surface area contributed by atoms with Gasteiger partial charge in [0.1, 0.15) is 0 Å². The molecule has 1 N–H and O–H groups in total. The van der Waals surface area contributed by atoms with Crippen molar-refractivity contribution in [3.63, 3.8) is 0 Å². The largest absolute Gasteiger partial charge is 0.460 e. The van der Waals surface area contributed by atoms with Gasteiger partial charge in [-0.25, -0.2) is 0 Å². The molecule has 0 aromatic carbocycles. The molecular formula is C13H13F17O4Si. The fourth-order valence-corrected chi connectivity index (χ4v) is 2.85. The highest BCUT2D eigenvalue weighted by Crippen LogP contribution is 2.65.